The Kier molecular flexibility index (Phi) is 2.86. The number of benzene rings is 1. The summed E-state index contributed by atoms with van der Waals surface area (Å²) in [5.74, 6) is 1.20. The molecule has 0 unspecified atom stereocenters. The van der Waals surface area contributed by atoms with Crippen LogP contribution in [0.15, 0.2) is 28.7 Å². The van der Waals surface area contributed by atoms with Crippen LogP contribution in [0.4, 0.5) is 6.01 Å². The molecule has 0 amide bonds. The Bertz CT molecular complexity index is 488. The van der Waals surface area contributed by atoms with Crippen LogP contribution in [0.25, 0.3) is 12.2 Å². The van der Waals surface area contributed by atoms with Gasteiger partial charge in [0.2, 0.25) is 5.89 Å². The summed E-state index contributed by atoms with van der Waals surface area (Å²) < 4.78 is 10.0. The van der Waals surface area contributed by atoms with Crippen LogP contribution in [0.5, 0.6) is 5.75 Å². The van der Waals surface area contributed by atoms with E-state index in [1.54, 1.807) is 13.2 Å². The Hall–Kier alpha value is -2.30. The third-order valence-corrected chi connectivity index (χ3v) is 1.99. The van der Waals surface area contributed by atoms with E-state index in [0.717, 1.165) is 11.3 Å². The average Bonchev–Trinajstić information content (AvgIpc) is 2.73. The molecule has 0 aliphatic carbocycles. The highest BCUT2D eigenvalue weighted by Crippen LogP contribution is 2.13. The van der Waals surface area contributed by atoms with E-state index in [4.69, 9.17) is 14.9 Å². The van der Waals surface area contributed by atoms with Gasteiger partial charge in [-0.1, -0.05) is 17.2 Å². The molecule has 0 atom stereocenters. The van der Waals surface area contributed by atoms with Gasteiger partial charge >= 0.3 is 6.01 Å². The number of nitrogens with two attached hydrogens (primary N) is 1. The van der Waals surface area contributed by atoms with Crippen LogP contribution in [-0.4, -0.2) is 17.3 Å². The minimum atomic E-state index is 0.0642. The van der Waals surface area contributed by atoms with Gasteiger partial charge in [-0.2, -0.15) is 0 Å². The van der Waals surface area contributed by atoms with Crippen molar-refractivity contribution in [1.82, 2.24) is 10.2 Å². The standard InChI is InChI=1S/C11H11N3O2/c1-15-9-5-2-8(3-6-9)4-7-10-13-14-11(12)16-10/h2-7H,1H3,(H2,12,14)/b7-4+. The number of nitrogens with zero attached hydrogens (tertiary/aromatic N) is 2. The molecule has 0 radical (unpaired) electrons. The van der Waals surface area contributed by atoms with Gasteiger partial charge in [0.15, 0.2) is 0 Å². The van der Waals surface area contributed by atoms with Gasteiger partial charge in [-0.15, -0.1) is 5.10 Å². The molecule has 2 rings (SSSR count). The zero-order chi connectivity index (χ0) is 11.4. The van der Waals surface area contributed by atoms with Crippen molar-refractivity contribution in [3.63, 3.8) is 0 Å². The minimum absolute atomic E-state index is 0.0642. The lowest BCUT2D eigenvalue weighted by atomic mass is 10.2. The van der Waals surface area contributed by atoms with E-state index in [0.29, 0.717) is 5.89 Å². The van der Waals surface area contributed by atoms with E-state index in [9.17, 15) is 0 Å². The molecule has 0 saturated heterocycles. The number of methoxy groups -OCH3 is 1. The van der Waals surface area contributed by atoms with Crippen molar-refractivity contribution >= 4 is 18.2 Å². The van der Waals surface area contributed by atoms with E-state index < -0.39 is 0 Å². The molecule has 1 heterocycles. The van der Waals surface area contributed by atoms with E-state index >= 15 is 0 Å². The van der Waals surface area contributed by atoms with Gasteiger partial charge in [0, 0.05) is 6.08 Å². The summed E-state index contributed by atoms with van der Waals surface area (Å²) in [4.78, 5) is 0. The number of ether oxygens (including phenoxy) is 1. The maximum absolute atomic E-state index is 5.29. The first-order chi connectivity index (χ1) is 7.78. The molecule has 82 valence electrons. The minimum Gasteiger partial charge on any atom is -0.497 e. The second-order valence-corrected chi connectivity index (χ2v) is 3.09. The maximum atomic E-state index is 5.29. The molecule has 0 aliphatic heterocycles. The quantitative estimate of drug-likeness (QED) is 0.848. The molecule has 0 saturated carbocycles. The van der Waals surface area contributed by atoms with Crippen LogP contribution >= 0.6 is 0 Å². The molecule has 0 fully saturated rings. The third kappa shape index (κ3) is 2.38. The van der Waals surface area contributed by atoms with Gasteiger partial charge < -0.3 is 14.9 Å². The normalized spacial score (nSPS) is 10.8. The highest BCUT2D eigenvalue weighted by molar-refractivity contribution is 5.66. The molecule has 0 bridgehead atoms. The highest BCUT2D eigenvalue weighted by Gasteiger charge is 1.97. The molecule has 0 spiro atoms. The summed E-state index contributed by atoms with van der Waals surface area (Å²) >= 11 is 0. The number of hydrogen-bond donors (Lipinski definition) is 1. The molecular weight excluding hydrogens is 206 g/mol. The van der Waals surface area contributed by atoms with E-state index in [2.05, 4.69) is 10.2 Å². The lowest BCUT2D eigenvalue weighted by molar-refractivity contribution is 0.415. The molecule has 16 heavy (non-hydrogen) atoms. The fourth-order valence-electron chi connectivity index (χ4n) is 1.20. The van der Waals surface area contributed by atoms with E-state index in [-0.39, 0.29) is 6.01 Å². The summed E-state index contributed by atoms with van der Waals surface area (Å²) in [6, 6.07) is 7.67. The van der Waals surface area contributed by atoms with Gasteiger partial charge in [-0.25, -0.2) is 0 Å². The zero-order valence-corrected chi connectivity index (χ0v) is 8.75. The van der Waals surface area contributed by atoms with Crippen molar-refractivity contribution in [2.75, 3.05) is 12.8 Å². The Morgan fingerprint density at radius 2 is 1.94 bits per heavy atom. The van der Waals surface area contributed by atoms with E-state index in [1.807, 2.05) is 30.3 Å². The Morgan fingerprint density at radius 1 is 1.19 bits per heavy atom. The number of rotatable bonds is 3. The fraction of sp³-hybridized carbons (Fsp3) is 0.0909. The first-order valence-corrected chi connectivity index (χ1v) is 4.69. The summed E-state index contributed by atoms with van der Waals surface area (Å²) in [7, 11) is 1.63. The topological polar surface area (TPSA) is 74.2 Å². The van der Waals surface area contributed by atoms with Crippen LogP contribution in [0.2, 0.25) is 0 Å². The van der Waals surface area contributed by atoms with Crippen LogP contribution in [-0.2, 0) is 0 Å². The molecule has 2 aromatic rings. The van der Waals surface area contributed by atoms with Crippen molar-refractivity contribution in [2.24, 2.45) is 0 Å². The van der Waals surface area contributed by atoms with Gasteiger partial charge in [0.1, 0.15) is 5.75 Å². The maximum Gasteiger partial charge on any atom is 0.313 e. The lowest BCUT2D eigenvalue weighted by Crippen LogP contribution is -1.81. The molecule has 5 nitrogen and oxygen atoms in total. The number of aromatic nitrogens is 2. The largest absolute Gasteiger partial charge is 0.497 e. The summed E-state index contributed by atoms with van der Waals surface area (Å²) in [5.41, 5.74) is 6.31. The van der Waals surface area contributed by atoms with Crippen molar-refractivity contribution in [2.45, 2.75) is 0 Å². The Labute approximate surface area is 92.5 Å². The lowest BCUT2D eigenvalue weighted by Gasteiger charge is -1.98. The van der Waals surface area contributed by atoms with Crippen LogP contribution in [0.3, 0.4) is 0 Å². The Balaban J connectivity index is 2.11. The number of hydrogen-bond acceptors (Lipinski definition) is 5. The van der Waals surface area contributed by atoms with Gasteiger partial charge in [0.05, 0.1) is 7.11 Å². The second-order valence-electron chi connectivity index (χ2n) is 3.09. The molecule has 1 aromatic carbocycles. The van der Waals surface area contributed by atoms with Gasteiger partial charge in [0.25, 0.3) is 0 Å². The summed E-state index contributed by atoms with van der Waals surface area (Å²) in [6.45, 7) is 0. The molecule has 5 heteroatoms. The number of nitrogen functional groups attached to an aromatic ring is 1. The summed E-state index contributed by atoms with van der Waals surface area (Å²) in [5, 5.41) is 7.26. The van der Waals surface area contributed by atoms with Gasteiger partial charge in [-0.3, -0.25) is 0 Å². The van der Waals surface area contributed by atoms with E-state index in [1.165, 1.54) is 0 Å². The number of anilines is 1. The Morgan fingerprint density at radius 3 is 2.50 bits per heavy atom. The van der Waals surface area contributed by atoms with Crippen LogP contribution < -0.4 is 10.5 Å². The van der Waals surface area contributed by atoms with Crippen molar-refractivity contribution in [3.05, 3.63) is 35.7 Å². The fourth-order valence-corrected chi connectivity index (χ4v) is 1.20. The van der Waals surface area contributed by atoms with Gasteiger partial charge in [-0.05, 0) is 23.8 Å². The van der Waals surface area contributed by atoms with Crippen LogP contribution in [0, 0.1) is 0 Å². The van der Waals surface area contributed by atoms with Crippen molar-refractivity contribution < 1.29 is 9.15 Å². The predicted molar refractivity (Wildman–Crippen MR) is 60.6 cm³/mol. The van der Waals surface area contributed by atoms with Crippen molar-refractivity contribution in [3.8, 4) is 5.75 Å². The molecular formula is C11H11N3O2. The SMILES string of the molecule is COc1ccc(/C=C/c2nnc(N)o2)cc1. The molecule has 1 aromatic heterocycles. The average molecular weight is 217 g/mol. The molecule has 2 N–H and O–H groups in total. The monoisotopic (exact) mass is 217 g/mol. The third-order valence-electron chi connectivity index (χ3n) is 1.99. The first-order valence-electron chi connectivity index (χ1n) is 4.69. The molecule has 0 aliphatic rings. The highest BCUT2D eigenvalue weighted by atomic mass is 16.5. The second kappa shape index (κ2) is 4.48. The zero-order valence-electron chi connectivity index (χ0n) is 8.75. The van der Waals surface area contributed by atoms with Crippen LogP contribution in [0.1, 0.15) is 11.5 Å². The smallest absolute Gasteiger partial charge is 0.313 e. The first kappa shape index (κ1) is 10.2. The predicted octanol–water partition coefficient (Wildman–Crippen LogP) is 1.83. The van der Waals surface area contributed by atoms with Crippen molar-refractivity contribution in [1.29, 1.82) is 0 Å². The summed E-state index contributed by atoms with van der Waals surface area (Å²) in [6.07, 6.45) is 3.55.